The molecule has 3 aromatic rings. The van der Waals surface area contributed by atoms with Gasteiger partial charge < -0.3 is 5.73 Å². The molecule has 0 spiro atoms. The van der Waals surface area contributed by atoms with Crippen molar-refractivity contribution in [2.24, 2.45) is 10.7 Å². The van der Waals surface area contributed by atoms with Crippen molar-refractivity contribution in [3.05, 3.63) is 47.1 Å². The lowest BCUT2D eigenvalue weighted by Crippen LogP contribution is -2.35. The standard InChI is InChI=1S/C21H25N5S/c1-14-8-9-18-17(12-14)19(13-15(2)24-18)26(21-23-10-11-27-21)20(22)25-16-6-4-3-5-7-16/h8-13,16H,3-7H2,1-2H3,(H2,22,25). The lowest BCUT2D eigenvalue weighted by molar-refractivity contribution is 0.443. The second-order valence-electron chi connectivity index (χ2n) is 7.23. The first-order chi connectivity index (χ1) is 13.1. The molecule has 27 heavy (non-hydrogen) atoms. The quantitative estimate of drug-likeness (QED) is 0.508. The van der Waals surface area contributed by atoms with Crippen molar-refractivity contribution in [3.8, 4) is 0 Å². The third-order valence-electron chi connectivity index (χ3n) is 5.04. The molecule has 1 aliphatic rings. The number of pyridine rings is 1. The van der Waals surface area contributed by atoms with Crippen molar-refractivity contribution >= 4 is 39.0 Å². The highest BCUT2D eigenvalue weighted by atomic mass is 32.1. The smallest absolute Gasteiger partial charge is 0.202 e. The van der Waals surface area contributed by atoms with Gasteiger partial charge in [-0.05, 0) is 44.9 Å². The zero-order valence-electron chi connectivity index (χ0n) is 15.9. The number of thiazole rings is 1. The number of rotatable bonds is 3. The predicted molar refractivity (Wildman–Crippen MR) is 114 cm³/mol. The summed E-state index contributed by atoms with van der Waals surface area (Å²) in [5.41, 5.74) is 10.7. The van der Waals surface area contributed by atoms with Gasteiger partial charge in [0.2, 0.25) is 5.96 Å². The Labute approximate surface area is 164 Å². The highest BCUT2D eigenvalue weighted by Crippen LogP contribution is 2.34. The molecule has 0 bridgehead atoms. The number of aryl methyl sites for hydroxylation is 2. The van der Waals surface area contributed by atoms with Crippen LogP contribution in [0.2, 0.25) is 0 Å². The summed E-state index contributed by atoms with van der Waals surface area (Å²) in [7, 11) is 0. The fourth-order valence-corrected chi connectivity index (χ4v) is 4.40. The van der Waals surface area contributed by atoms with Gasteiger partial charge in [0, 0.05) is 22.7 Å². The summed E-state index contributed by atoms with van der Waals surface area (Å²) in [5, 5.41) is 3.87. The molecule has 2 aromatic heterocycles. The summed E-state index contributed by atoms with van der Waals surface area (Å²) in [5.74, 6) is 0.519. The average molecular weight is 380 g/mol. The maximum atomic E-state index is 6.57. The van der Waals surface area contributed by atoms with E-state index in [0.29, 0.717) is 12.0 Å². The van der Waals surface area contributed by atoms with Crippen molar-refractivity contribution in [2.75, 3.05) is 4.90 Å². The number of fused-ring (bicyclic) bond motifs is 1. The molecule has 140 valence electrons. The SMILES string of the molecule is Cc1ccc2nc(C)cc(N(C(N)=NC3CCCCC3)c3nccs3)c2c1. The number of nitrogens with zero attached hydrogens (tertiary/aromatic N) is 4. The Balaban J connectivity index is 1.86. The maximum Gasteiger partial charge on any atom is 0.202 e. The monoisotopic (exact) mass is 379 g/mol. The van der Waals surface area contributed by atoms with Crippen LogP contribution in [0.15, 0.2) is 40.8 Å². The van der Waals surface area contributed by atoms with Crippen LogP contribution in [0.25, 0.3) is 10.9 Å². The summed E-state index contributed by atoms with van der Waals surface area (Å²) < 4.78 is 0. The van der Waals surface area contributed by atoms with Gasteiger partial charge in [-0.25, -0.2) is 9.98 Å². The third-order valence-corrected chi connectivity index (χ3v) is 5.80. The minimum atomic E-state index is 0.303. The first-order valence-corrected chi connectivity index (χ1v) is 10.4. The largest absolute Gasteiger partial charge is 0.369 e. The van der Waals surface area contributed by atoms with Crippen LogP contribution < -0.4 is 10.6 Å². The Kier molecular flexibility index (Phi) is 5.07. The minimum Gasteiger partial charge on any atom is -0.369 e. The lowest BCUT2D eigenvalue weighted by atomic mass is 9.96. The normalized spacial score (nSPS) is 16.0. The van der Waals surface area contributed by atoms with Gasteiger partial charge in [0.05, 0.1) is 17.2 Å². The first-order valence-electron chi connectivity index (χ1n) is 9.53. The van der Waals surface area contributed by atoms with E-state index < -0.39 is 0 Å². The number of nitrogens with two attached hydrogens (primary N) is 1. The van der Waals surface area contributed by atoms with Crippen LogP contribution in [0, 0.1) is 13.8 Å². The molecular weight excluding hydrogens is 354 g/mol. The number of hydrogen-bond acceptors (Lipinski definition) is 4. The first kappa shape index (κ1) is 17.9. The summed E-state index contributed by atoms with van der Waals surface area (Å²) in [6.45, 7) is 4.10. The van der Waals surface area contributed by atoms with Gasteiger partial charge >= 0.3 is 0 Å². The van der Waals surface area contributed by atoms with Crippen molar-refractivity contribution in [2.45, 2.75) is 52.0 Å². The second-order valence-corrected chi connectivity index (χ2v) is 8.11. The van der Waals surface area contributed by atoms with Crippen molar-refractivity contribution in [1.29, 1.82) is 0 Å². The molecule has 1 aromatic carbocycles. The average Bonchev–Trinajstić information content (AvgIpc) is 3.17. The Morgan fingerprint density at radius 1 is 1.19 bits per heavy atom. The Bertz CT molecular complexity index is 958. The molecule has 0 radical (unpaired) electrons. The van der Waals surface area contributed by atoms with Gasteiger partial charge in [-0.2, -0.15) is 0 Å². The van der Waals surface area contributed by atoms with Gasteiger partial charge in [0.1, 0.15) is 0 Å². The molecule has 6 heteroatoms. The molecule has 0 amide bonds. The molecule has 1 fully saturated rings. The Morgan fingerprint density at radius 3 is 2.74 bits per heavy atom. The van der Waals surface area contributed by atoms with E-state index >= 15 is 0 Å². The molecule has 0 unspecified atom stereocenters. The molecule has 0 aliphatic heterocycles. The van der Waals surface area contributed by atoms with E-state index in [-0.39, 0.29) is 0 Å². The molecule has 2 heterocycles. The van der Waals surface area contributed by atoms with E-state index in [2.05, 4.69) is 36.2 Å². The van der Waals surface area contributed by atoms with Crippen LogP contribution in [0.5, 0.6) is 0 Å². The summed E-state index contributed by atoms with van der Waals surface area (Å²) in [4.78, 5) is 16.1. The zero-order chi connectivity index (χ0) is 18.8. The number of guanidine groups is 1. The molecule has 5 nitrogen and oxygen atoms in total. The number of anilines is 2. The fourth-order valence-electron chi connectivity index (χ4n) is 3.74. The van der Waals surface area contributed by atoms with E-state index in [1.165, 1.54) is 24.8 Å². The zero-order valence-corrected chi connectivity index (χ0v) is 16.7. The number of aliphatic imine (C=N–C) groups is 1. The van der Waals surface area contributed by atoms with Crippen LogP contribution in [0.4, 0.5) is 10.8 Å². The summed E-state index contributed by atoms with van der Waals surface area (Å²) in [6.07, 6.45) is 7.80. The lowest BCUT2D eigenvalue weighted by Gasteiger charge is -2.25. The molecule has 0 atom stereocenters. The van der Waals surface area contributed by atoms with Gasteiger partial charge in [-0.1, -0.05) is 30.9 Å². The Morgan fingerprint density at radius 2 is 2.00 bits per heavy atom. The summed E-state index contributed by atoms with van der Waals surface area (Å²) in [6, 6.07) is 8.69. The van der Waals surface area contributed by atoms with Crippen molar-refractivity contribution in [3.63, 3.8) is 0 Å². The molecule has 0 saturated heterocycles. The van der Waals surface area contributed by atoms with E-state index in [1.807, 2.05) is 23.4 Å². The van der Waals surface area contributed by atoms with Gasteiger partial charge in [0.25, 0.3) is 0 Å². The Hall–Kier alpha value is -2.47. The van der Waals surface area contributed by atoms with E-state index in [9.17, 15) is 0 Å². The van der Waals surface area contributed by atoms with Crippen LogP contribution in [0.3, 0.4) is 0 Å². The molecule has 1 saturated carbocycles. The molecular formula is C21H25N5S. The van der Waals surface area contributed by atoms with Gasteiger partial charge in [-0.15, -0.1) is 11.3 Å². The number of aromatic nitrogens is 2. The highest BCUT2D eigenvalue weighted by Gasteiger charge is 2.22. The second kappa shape index (κ2) is 7.64. The van der Waals surface area contributed by atoms with Gasteiger partial charge in [0.15, 0.2) is 5.13 Å². The van der Waals surface area contributed by atoms with E-state index in [0.717, 1.165) is 40.3 Å². The van der Waals surface area contributed by atoms with Crippen molar-refractivity contribution < 1.29 is 0 Å². The molecule has 2 N–H and O–H groups in total. The third kappa shape index (κ3) is 3.81. The van der Waals surface area contributed by atoms with Crippen LogP contribution >= 0.6 is 11.3 Å². The maximum absolute atomic E-state index is 6.57. The summed E-state index contributed by atoms with van der Waals surface area (Å²) >= 11 is 1.57. The van der Waals surface area contributed by atoms with Crippen molar-refractivity contribution in [1.82, 2.24) is 9.97 Å². The number of hydrogen-bond donors (Lipinski definition) is 1. The predicted octanol–water partition coefficient (Wildman–Crippen LogP) is 5.09. The topological polar surface area (TPSA) is 67.4 Å². The number of benzene rings is 1. The van der Waals surface area contributed by atoms with E-state index in [1.54, 1.807) is 11.3 Å². The molecule has 1 aliphatic carbocycles. The highest BCUT2D eigenvalue weighted by molar-refractivity contribution is 7.13. The van der Waals surface area contributed by atoms with Crippen LogP contribution in [-0.2, 0) is 0 Å². The molecule has 4 rings (SSSR count). The minimum absolute atomic E-state index is 0.303. The van der Waals surface area contributed by atoms with E-state index in [4.69, 9.17) is 15.7 Å². The van der Waals surface area contributed by atoms with Gasteiger partial charge in [-0.3, -0.25) is 9.88 Å². The fraction of sp³-hybridized carbons (Fsp3) is 0.381. The van der Waals surface area contributed by atoms with Crippen LogP contribution in [0.1, 0.15) is 43.4 Å². The van der Waals surface area contributed by atoms with Crippen LogP contribution in [-0.4, -0.2) is 22.0 Å².